The molecule has 0 saturated heterocycles. The fourth-order valence-electron chi connectivity index (χ4n) is 2.26. The summed E-state index contributed by atoms with van der Waals surface area (Å²) >= 11 is 7.41. The van der Waals surface area contributed by atoms with Crippen LogP contribution in [-0.4, -0.2) is 31.1 Å². The van der Waals surface area contributed by atoms with Gasteiger partial charge in [-0.2, -0.15) is 11.8 Å². The van der Waals surface area contributed by atoms with Gasteiger partial charge in [0.2, 0.25) is 10.0 Å². The van der Waals surface area contributed by atoms with Crippen LogP contribution in [0.3, 0.4) is 0 Å². The highest BCUT2D eigenvalue weighted by Gasteiger charge is 2.37. The van der Waals surface area contributed by atoms with E-state index >= 15 is 0 Å². The summed E-state index contributed by atoms with van der Waals surface area (Å²) in [7, 11) is -4.00. The van der Waals surface area contributed by atoms with E-state index in [2.05, 4.69) is 4.72 Å². The van der Waals surface area contributed by atoms with Crippen LogP contribution in [0.1, 0.15) is 24.8 Å². The fraction of sp³-hybridized carbons (Fsp3) is 0.538. The van der Waals surface area contributed by atoms with Crippen LogP contribution in [0.2, 0.25) is 5.02 Å². The zero-order chi connectivity index (χ0) is 15.7. The Balaban J connectivity index is 2.25. The van der Waals surface area contributed by atoms with E-state index in [0.717, 1.165) is 25.3 Å². The molecule has 1 aromatic carbocycles. The van der Waals surface area contributed by atoms with E-state index in [9.17, 15) is 12.8 Å². The molecule has 0 aromatic heterocycles. The molecule has 0 atom stereocenters. The van der Waals surface area contributed by atoms with Crippen molar-refractivity contribution in [1.29, 1.82) is 0 Å². The van der Waals surface area contributed by atoms with Crippen LogP contribution in [0.4, 0.5) is 4.39 Å². The summed E-state index contributed by atoms with van der Waals surface area (Å²) in [6.07, 6.45) is 4.90. The summed E-state index contributed by atoms with van der Waals surface area (Å²) in [4.78, 5) is -0.519. The molecule has 1 aromatic rings. The summed E-state index contributed by atoms with van der Waals surface area (Å²) in [6, 6.07) is 2.27. The van der Waals surface area contributed by atoms with Gasteiger partial charge < -0.3 is 5.11 Å². The Morgan fingerprint density at radius 1 is 1.48 bits per heavy atom. The standard InChI is InChI=1S/C13H17ClFNO3S2/c1-20-13(3-2-4-13)8-16-21(18,19)11-6-10(14)5-9(7-17)12(11)15/h5-6,16-17H,2-4,7-8H2,1H3. The number of halogens is 2. The topological polar surface area (TPSA) is 66.4 Å². The number of aliphatic hydroxyl groups excluding tert-OH is 1. The molecule has 0 spiro atoms. The molecule has 2 rings (SSSR count). The summed E-state index contributed by atoms with van der Waals surface area (Å²) in [5.41, 5.74) is -0.133. The fourth-order valence-corrected chi connectivity index (χ4v) is 4.84. The van der Waals surface area contributed by atoms with Crippen LogP contribution in [0.5, 0.6) is 0 Å². The minimum Gasteiger partial charge on any atom is -0.392 e. The van der Waals surface area contributed by atoms with Gasteiger partial charge in [0.15, 0.2) is 0 Å². The average molecular weight is 354 g/mol. The molecule has 2 N–H and O–H groups in total. The van der Waals surface area contributed by atoms with Crippen LogP contribution in [-0.2, 0) is 16.6 Å². The molecule has 1 saturated carbocycles. The van der Waals surface area contributed by atoms with E-state index in [1.54, 1.807) is 11.8 Å². The first kappa shape index (κ1) is 17.0. The molecule has 0 amide bonds. The molecular formula is C13H17ClFNO3S2. The van der Waals surface area contributed by atoms with Crippen LogP contribution in [0, 0.1) is 5.82 Å². The van der Waals surface area contributed by atoms with Crippen molar-refractivity contribution in [2.45, 2.75) is 35.5 Å². The lowest BCUT2D eigenvalue weighted by Crippen LogP contribution is -2.45. The van der Waals surface area contributed by atoms with Gasteiger partial charge in [-0.05, 0) is 31.2 Å². The molecule has 1 aliphatic rings. The minimum absolute atomic E-state index is 0.0732. The minimum atomic E-state index is -4.00. The maximum absolute atomic E-state index is 14.1. The zero-order valence-corrected chi connectivity index (χ0v) is 13.9. The van der Waals surface area contributed by atoms with Crippen molar-refractivity contribution >= 4 is 33.4 Å². The van der Waals surface area contributed by atoms with Crippen molar-refractivity contribution in [1.82, 2.24) is 4.72 Å². The molecule has 0 aliphatic heterocycles. The molecular weight excluding hydrogens is 337 g/mol. The lowest BCUT2D eigenvalue weighted by Gasteiger charge is -2.40. The van der Waals surface area contributed by atoms with Gasteiger partial charge in [-0.15, -0.1) is 0 Å². The Kier molecular flexibility index (Phi) is 5.20. The number of aliphatic hydroxyl groups is 1. The Bertz CT molecular complexity index is 627. The SMILES string of the molecule is CSC1(CNS(=O)(=O)c2cc(Cl)cc(CO)c2F)CCC1. The van der Waals surface area contributed by atoms with Crippen LogP contribution >= 0.6 is 23.4 Å². The maximum Gasteiger partial charge on any atom is 0.243 e. The zero-order valence-electron chi connectivity index (χ0n) is 11.5. The largest absolute Gasteiger partial charge is 0.392 e. The Labute approximate surface area is 133 Å². The van der Waals surface area contributed by atoms with E-state index in [0.29, 0.717) is 0 Å². The van der Waals surface area contributed by atoms with Crippen LogP contribution in [0.15, 0.2) is 17.0 Å². The lowest BCUT2D eigenvalue weighted by molar-refractivity contribution is 0.274. The summed E-state index contributed by atoms with van der Waals surface area (Å²) < 4.78 is 41.0. The lowest BCUT2D eigenvalue weighted by atomic mass is 9.84. The van der Waals surface area contributed by atoms with Gasteiger partial charge in [-0.3, -0.25) is 0 Å². The first-order valence-corrected chi connectivity index (χ1v) is 9.56. The molecule has 0 unspecified atom stereocenters. The molecule has 21 heavy (non-hydrogen) atoms. The highest BCUT2D eigenvalue weighted by atomic mass is 35.5. The Morgan fingerprint density at radius 2 is 2.14 bits per heavy atom. The van der Waals surface area contributed by atoms with E-state index in [1.165, 1.54) is 6.07 Å². The number of sulfonamides is 1. The highest BCUT2D eigenvalue weighted by molar-refractivity contribution is 8.00. The normalized spacial score (nSPS) is 17.5. The highest BCUT2D eigenvalue weighted by Crippen LogP contribution is 2.42. The molecule has 0 heterocycles. The second kappa shape index (κ2) is 6.42. The summed E-state index contributed by atoms with van der Waals surface area (Å²) in [5.74, 6) is -0.957. The van der Waals surface area contributed by atoms with Gasteiger partial charge in [0.1, 0.15) is 10.7 Å². The predicted molar refractivity (Wildman–Crippen MR) is 82.6 cm³/mol. The van der Waals surface area contributed by atoms with Crippen molar-refractivity contribution in [2.24, 2.45) is 0 Å². The predicted octanol–water partition coefficient (Wildman–Crippen LogP) is 2.54. The number of hydrogen-bond acceptors (Lipinski definition) is 4. The molecule has 1 fully saturated rings. The molecule has 8 heteroatoms. The Morgan fingerprint density at radius 3 is 2.62 bits per heavy atom. The molecule has 1 aliphatic carbocycles. The number of nitrogens with one attached hydrogen (secondary N) is 1. The van der Waals surface area contributed by atoms with Crippen molar-refractivity contribution in [2.75, 3.05) is 12.8 Å². The number of benzene rings is 1. The third-order valence-electron chi connectivity index (χ3n) is 3.82. The summed E-state index contributed by atoms with van der Waals surface area (Å²) in [6.45, 7) is -0.347. The van der Waals surface area contributed by atoms with Crippen LogP contribution in [0.25, 0.3) is 0 Å². The van der Waals surface area contributed by atoms with Gasteiger partial charge >= 0.3 is 0 Å². The smallest absolute Gasteiger partial charge is 0.243 e. The molecule has 118 valence electrons. The van der Waals surface area contributed by atoms with Gasteiger partial charge in [-0.1, -0.05) is 18.0 Å². The van der Waals surface area contributed by atoms with Gasteiger partial charge in [0.25, 0.3) is 0 Å². The van der Waals surface area contributed by atoms with Gasteiger partial charge in [-0.25, -0.2) is 17.5 Å². The van der Waals surface area contributed by atoms with E-state index < -0.39 is 27.3 Å². The first-order chi connectivity index (χ1) is 9.83. The second-order valence-electron chi connectivity index (χ2n) is 5.10. The van der Waals surface area contributed by atoms with E-state index in [-0.39, 0.29) is 21.9 Å². The van der Waals surface area contributed by atoms with E-state index in [4.69, 9.17) is 16.7 Å². The monoisotopic (exact) mass is 353 g/mol. The average Bonchev–Trinajstić information content (AvgIpc) is 2.40. The van der Waals surface area contributed by atoms with Crippen molar-refractivity contribution in [3.05, 3.63) is 28.5 Å². The quantitative estimate of drug-likeness (QED) is 0.824. The molecule has 0 bridgehead atoms. The second-order valence-corrected chi connectivity index (χ2v) is 8.55. The van der Waals surface area contributed by atoms with Crippen LogP contribution < -0.4 is 4.72 Å². The van der Waals surface area contributed by atoms with Gasteiger partial charge in [0, 0.05) is 21.9 Å². The number of hydrogen-bond donors (Lipinski definition) is 2. The van der Waals surface area contributed by atoms with Crippen molar-refractivity contribution in [3.8, 4) is 0 Å². The van der Waals surface area contributed by atoms with Gasteiger partial charge in [0.05, 0.1) is 6.61 Å². The first-order valence-electron chi connectivity index (χ1n) is 6.47. The molecule has 0 radical (unpaired) electrons. The third kappa shape index (κ3) is 3.53. The summed E-state index contributed by atoms with van der Waals surface area (Å²) in [5, 5.41) is 9.13. The Hall–Kier alpha value is -0.340. The number of rotatable bonds is 6. The van der Waals surface area contributed by atoms with Crippen molar-refractivity contribution < 1.29 is 17.9 Å². The molecule has 4 nitrogen and oxygen atoms in total. The maximum atomic E-state index is 14.1. The van der Waals surface area contributed by atoms with Crippen molar-refractivity contribution in [3.63, 3.8) is 0 Å². The number of thioether (sulfide) groups is 1. The third-order valence-corrected chi connectivity index (χ3v) is 6.86. The van der Waals surface area contributed by atoms with E-state index in [1.807, 2.05) is 6.26 Å².